The second kappa shape index (κ2) is 9.22. The Morgan fingerprint density at radius 1 is 1.06 bits per heavy atom. The number of aryl methyl sites for hydroxylation is 1. The van der Waals surface area contributed by atoms with Crippen molar-refractivity contribution in [2.45, 2.75) is 24.9 Å². The van der Waals surface area contributed by atoms with Crippen LogP contribution in [-0.4, -0.2) is 26.1 Å². The number of Topliss-reactive ketones (excluding diaryl/α,β-unsaturated/α-hetero) is 1. The summed E-state index contributed by atoms with van der Waals surface area (Å²) in [6, 6.07) is 16.5. The highest BCUT2D eigenvalue weighted by atomic mass is 32.2. The van der Waals surface area contributed by atoms with Crippen LogP contribution in [0.15, 0.2) is 76.8 Å². The number of hydrogen-bond donors (Lipinski definition) is 0. The minimum atomic E-state index is -0.364. The summed E-state index contributed by atoms with van der Waals surface area (Å²) in [6.45, 7) is 1.94. The van der Waals surface area contributed by atoms with E-state index in [2.05, 4.69) is 9.97 Å². The lowest BCUT2D eigenvalue weighted by atomic mass is 10.1. The fraction of sp³-hybridized carbons (Fsp3) is 0.167. The molecule has 4 rings (SSSR count). The van der Waals surface area contributed by atoms with Crippen molar-refractivity contribution in [2.24, 2.45) is 0 Å². The van der Waals surface area contributed by atoms with Crippen LogP contribution in [0.5, 0.6) is 0 Å². The number of rotatable bonds is 7. The van der Waals surface area contributed by atoms with E-state index in [1.807, 2.05) is 31.2 Å². The van der Waals surface area contributed by atoms with Crippen molar-refractivity contribution in [3.63, 3.8) is 0 Å². The van der Waals surface area contributed by atoms with Crippen LogP contribution in [0.4, 0.5) is 4.39 Å². The SMILES string of the molecule is Cc1ccc(-n2c(SCCCC(=O)c3ccc(F)cc3)nc3ccccc3c2=O)nc1. The number of carbonyl (C=O) groups excluding carboxylic acids is 1. The third-order valence-electron chi connectivity index (χ3n) is 4.82. The predicted molar refractivity (Wildman–Crippen MR) is 121 cm³/mol. The molecule has 2 aromatic heterocycles. The summed E-state index contributed by atoms with van der Waals surface area (Å²) < 4.78 is 14.6. The number of hydrogen-bond acceptors (Lipinski definition) is 5. The van der Waals surface area contributed by atoms with Crippen molar-refractivity contribution in [1.29, 1.82) is 0 Å². The highest BCUT2D eigenvalue weighted by Crippen LogP contribution is 2.22. The van der Waals surface area contributed by atoms with Crippen molar-refractivity contribution in [3.05, 3.63) is 94.2 Å². The van der Waals surface area contributed by atoms with Gasteiger partial charge in [0, 0.05) is 23.9 Å². The van der Waals surface area contributed by atoms with E-state index in [0.29, 0.717) is 46.0 Å². The number of ketones is 1. The molecule has 0 saturated heterocycles. The van der Waals surface area contributed by atoms with Gasteiger partial charge in [-0.25, -0.2) is 18.9 Å². The fourth-order valence-corrected chi connectivity index (χ4v) is 4.12. The molecule has 2 aromatic carbocycles. The Morgan fingerprint density at radius 3 is 2.58 bits per heavy atom. The van der Waals surface area contributed by atoms with E-state index in [-0.39, 0.29) is 17.2 Å². The lowest BCUT2D eigenvalue weighted by Crippen LogP contribution is -2.22. The van der Waals surface area contributed by atoms with Crippen molar-refractivity contribution in [2.75, 3.05) is 5.75 Å². The van der Waals surface area contributed by atoms with Gasteiger partial charge >= 0.3 is 0 Å². The van der Waals surface area contributed by atoms with Gasteiger partial charge in [0.1, 0.15) is 11.6 Å². The minimum absolute atomic E-state index is 0.0373. The maximum atomic E-state index is 13.2. The van der Waals surface area contributed by atoms with E-state index in [1.165, 1.54) is 40.6 Å². The van der Waals surface area contributed by atoms with Crippen LogP contribution >= 0.6 is 11.8 Å². The predicted octanol–water partition coefficient (Wildman–Crippen LogP) is 4.98. The number of para-hydroxylation sites is 1. The van der Waals surface area contributed by atoms with Gasteiger partial charge in [-0.2, -0.15) is 0 Å². The summed E-state index contributed by atoms with van der Waals surface area (Å²) in [5.74, 6) is 0.712. The quantitative estimate of drug-likeness (QED) is 0.178. The molecule has 2 heterocycles. The second-order valence-corrected chi connectivity index (χ2v) is 8.19. The van der Waals surface area contributed by atoms with Gasteiger partial charge in [0.15, 0.2) is 10.9 Å². The molecule has 4 aromatic rings. The Labute approximate surface area is 183 Å². The van der Waals surface area contributed by atoms with E-state index in [4.69, 9.17) is 0 Å². The van der Waals surface area contributed by atoms with Gasteiger partial charge in [0.25, 0.3) is 5.56 Å². The zero-order valence-electron chi connectivity index (χ0n) is 16.9. The molecule has 0 aliphatic carbocycles. The number of carbonyl (C=O) groups is 1. The lowest BCUT2D eigenvalue weighted by Gasteiger charge is -2.12. The van der Waals surface area contributed by atoms with E-state index in [1.54, 1.807) is 18.3 Å². The zero-order valence-corrected chi connectivity index (χ0v) is 17.7. The zero-order chi connectivity index (χ0) is 21.8. The van der Waals surface area contributed by atoms with E-state index in [0.717, 1.165) is 5.56 Å². The third kappa shape index (κ3) is 4.72. The van der Waals surface area contributed by atoms with Crippen LogP contribution in [-0.2, 0) is 0 Å². The molecular weight excluding hydrogens is 413 g/mol. The molecule has 31 heavy (non-hydrogen) atoms. The van der Waals surface area contributed by atoms with Gasteiger partial charge in [0.05, 0.1) is 10.9 Å². The molecule has 0 aliphatic rings. The van der Waals surface area contributed by atoms with Crippen LogP contribution in [0, 0.1) is 12.7 Å². The molecule has 0 radical (unpaired) electrons. The van der Waals surface area contributed by atoms with Gasteiger partial charge in [-0.3, -0.25) is 9.59 Å². The second-order valence-electron chi connectivity index (χ2n) is 7.13. The van der Waals surface area contributed by atoms with Crippen LogP contribution in [0.1, 0.15) is 28.8 Å². The standard InChI is InChI=1S/C24H20FN3O2S/c1-16-8-13-22(26-15-16)28-23(30)19-5-2-3-6-20(19)27-24(28)31-14-4-7-21(29)17-9-11-18(25)12-10-17/h2-3,5-6,8-13,15H,4,7,14H2,1H3. The van der Waals surface area contributed by atoms with Crippen molar-refractivity contribution in [3.8, 4) is 5.82 Å². The number of aromatic nitrogens is 3. The Hall–Kier alpha value is -3.32. The molecule has 0 saturated carbocycles. The lowest BCUT2D eigenvalue weighted by molar-refractivity contribution is 0.0982. The molecule has 7 heteroatoms. The number of benzene rings is 2. The highest BCUT2D eigenvalue weighted by molar-refractivity contribution is 7.99. The number of fused-ring (bicyclic) bond motifs is 1. The van der Waals surface area contributed by atoms with Crippen molar-refractivity contribution >= 4 is 28.4 Å². The van der Waals surface area contributed by atoms with Gasteiger partial charge in [0.2, 0.25) is 0 Å². The average Bonchev–Trinajstić information content (AvgIpc) is 2.78. The summed E-state index contributed by atoms with van der Waals surface area (Å²) in [5.41, 5.74) is 1.95. The number of pyridine rings is 1. The van der Waals surface area contributed by atoms with Crippen LogP contribution < -0.4 is 5.56 Å². The largest absolute Gasteiger partial charge is 0.294 e. The summed E-state index contributed by atoms with van der Waals surface area (Å²) in [5, 5.41) is 1.06. The summed E-state index contributed by atoms with van der Waals surface area (Å²) in [4.78, 5) is 34.6. The normalized spacial score (nSPS) is 11.0. The highest BCUT2D eigenvalue weighted by Gasteiger charge is 2.14. The molecule has 0 amide bonds. The Morgan fingerprint density at radius 2 is 1.84 bits per heavy atom. The van der Waals surface area contributed by atoms with E-state index < -0.39 is 0 Å². The van der Waals surface area contributed by atoms with Gasteiger partial charge < -0.3 is 0 Å². The average molecular weight is 434 g/mol. The molecule has 0 N–H and O–H groups in total. The van der Waals surface area contributed by atoms with Crippen molar-refractivity contribution in [1.82, 2.24) is 14.5 Å². The van der Waals surface area contributed by atoms with E-state index in [9.17, 15) is 14.0 Å². The monoisotopic (exact) mass is 433 g/mol. The molecule has 0 spiro atoms. The first kappa shape index (κ1) is 20.9. The number of thioether (sulfide) groups is 1. The molecule has 5 nitrogen and oxygen atoms in total. The van der Waals surface area contributed by atoms with Crippen molar-refractivity contribution < 1.29 is 9.18 Å². The maximum absolute atomic E-state index is 13.2. The first-order chi connectivity index (χ1) is 15.0. The Kier molecular flexibility index (Phi) is 6.23. The topological polar surface area (TPSA) is 64.8 Å². The summed E-state index contributed by atoms with van der Waals surface area (Å²) in [6.07, 6.45) is 2.65. The third-order valence-corrected chi connectivity index (χ3v) is 5.84. The van der Waals surface area contributed by atoms with Gasteiger partial charge in [-0.15, -0.1) is 0 Å². The Balaban J connectivity index is 1.55. The first-order valence-corrected chi connectivity index (χ1v) is 10.9. The molecule has 156 valence electrons. The molecule has 0 fully saturated rings. The molecule has 0 atom stereocenters. The molecule has 0 aliphatic heterocycles. The van der Waals surface area contributed by atoms with Gasteiger partial charge in [-0.1, -0.05) is 30.0 Å². The summed E-state index contributed by atoms with van der Waals surface area (Å²) in [7, 11) is 0. The first-order valence-electron chi connectivity index (χ1n) is 9.89. The molecule has 0 bridgehead atoms. The van der Waals surface area contributed by atoms with Crippen LogP contribution in [0.25, 0.3) is 16.7 Å². The van der Waals surface area contributed by atoms with E-state index >= 15 is 0 Å². The van der Waals surface area contributed by atoms with Crippen LogP contribution in [0.2, 0.25) is 0 Å². The number of nitrogens with zero attached hydrogens (tertiary/aromatic N) is 3. The smallest absolute Gasteiger partial charge is 0.267 e. The minimum Gasteiger partial charge on any atom is -0.294 e. The number of halogens is 1. The van der Waals surface area contributed by atoms with Crippen LogP contribution in [0.3, 0.4) is 0 Å². The summed E-state index contributed by atoms with van der Waals surface area (Å²) >= 11 is 1.41. The molecule has 0 unspecified atom stereocenters. The molecular formula is C24H20FN3O2S. The fourth-order valence-electron chi connectivity index (χ4n) is 3.18. The Bertz CT molecular complexity index is 1290. The maximum Gasteiger partial charge on any atom is 0.267 e. The van der Waals surface area contributed by atoms with Gasteiger partial charge in [-0.05, 0) is 61.4 Å².